The minimum absolute atomic E-state index is 0.0285. The fraction of sp³-hybridized carbons (Fsp3) is 0.667. The van der Waals surface area contributed by atoms with Gasteiger partial charge in [-0.05, 0) is 51.4 Å². The Balaban J connectivity index is 1.87. The summed E-state index contributed by atoms with van der Waals surface area (Å²) in [4.78, 5) is 25.7. The van der Waals surface area contributed by atoms with Gasteiger partial charge in [0.05, 0.1) is 80.6 Å². The number of aliphatic hydroxyl groups excluding tert-OH is 8. The summed E-state index contributed by atoms with van der Waals surface area (Å²) in [5, 5.41) is 97.7. The van der Waals surface area contributed by atoms with E-state index in [0.717, 1.165) is 13.5 Å². The van der Waals surface area contributed by atoms with Crippen molar-refractivity contribution in [1.82, 2.24) is 0 Å². The minimum Gasteiger partial charge on any atom is -0.469 e. The first-order chi connectivity index (χ1) is 30.7. The summed E-state index contributed by atoms with van der Waals surface area (Å²) in [7, 11) is 1.12. The highest BCUT2D eigenvalue weighted by atomic mass is 16.7. The lowest BCUT2D eigenvalue weighted by atomic mass is 9.82. The zero-order valence-corrected chi connectivity index (χ0v) is 38.2. The fourth-order valence-corrected chi connectivity index (χ4v) is 8.10. The van der Waals surface area contributed by atoms with Crippen LogP contribution in [0.15, 0.2) is 85.1 Å². The molecule has 3 heterocycles. The number of allylic oxidation sites excluding steroid dienone is 13. The molecule has 2 saturated heterocycles. The minimum atomic E-state index is -2.26. The van der Waals surface area contributed by atoms with Crippen LogP contribution in [0.2, 0.25) is 0 Å². The molecule has 2 fully saturated rings. The first-order valence-corrected chi connectivity index (χ1v) is 22.6. The van der Waals surface area contributed by atoms with Crippen molar-refractivity contribution in [3.05, 3.63) is 85.1 Å². The molecule has 3 aliphatic rings. The lowest BCUT2D eigenvalue weighted by molar-refractivity contribution is -0.308. The predicted molar refractivity (Wildman–Crippen MR) is 240 cm³/mol. The standard InChI is InChI=1S/C48H75NO16/c1-29-18-16-14-12-10-8-6-7-9-11-13-15-17-19-36(64-47-45(58)43(49)44(57)32(4)63-47)26-40-42(46(59)61-5)39(55)28-48(60,65-40)27-35(52)24-38(54)37(53)21-20-33(50)23-34(51)25-41(56)62-31(3)30(2)22-29/h6-19,29-40,42-45,47,50-55,57-58,60H,20-28,49H2,1-5H3/b7-6+,10-8+,11-9+,14-12+,15-13+,18-16+,19-17+/t29-,30+,31-,32+,33+,34+,35-,36-,37+,38+,39-,40-,42+,43-,44+,45-,47-,48+/m0/s1. The number of carbonyl (C=O) groups excluding carboxylic acids is 2. The van der Waals surface area contributed by atoms with Gasteiger partial charge in [0, 0.05) is 25.7 Å². The molecule has 0 aromatic carbocycles. The number of aliphatic hydroxyl groups is 9. The maximum atomic E-state index is 13.1. The second-order valence-corrected chi connectivity index (χ2v) is 17.7. The van der Waals surface area contributed by atoms with Crippen LogP contribution in [0.1, 0.15) is 85.5 Å². The van der Waals surface area contributed by atoms with E-state index < -0.39 is 128 Å². The number of hydrogen-bond acceptors (Lipinski definition) is 17. The molecule has 0 aliphatic carbocycles. The number of fused-ring (bicyclic) bond motifs is 2. The Morgan fingerprint density at radius 2 is 1.26 bits per heavy atom. The highest BCUT2D eigenvalue weighted by molar-refractivity contribution is 5.74. The molecule has 18 atom stereocenters. The van der Waals surface area contributed by atoms with E-state index in [9.17, 15) is 55.5 Å². The van der Waals surface area contributed by atoms with Gasteiger partial charge < -0.3 is 75.4 Å². The molecule has 0 spiro atoms. The third-order valence-corrected chi connectivity index (χ3v) is 12.0. The molecule has 65 heavy (non-hydrogen) atoms. The lowest BCUT2D eigenvalue weighted by Gasteiger charge is -2.45. The molecule has 0 amide bonds. The summed E-state index contributed by atoms with van der Waals surface area (Å²) in [5.41, 5.74) is 6.05. The van der Waals surface area contributed by atoms with Gasteiger partial charge in [-0.2, -0.15) is 0 Å². The molecule has 11 N–H and O–H groups in total. The summed E-state index contributed by atoms with van der Waals surface area (Å²) in [5.74, 6) is -4.83. The monoisotopic (exact) mass is 922 g/mol. The molecule has 17 heteroatoms. The van der Waals surface area contributed by atoms with E-state index in [0.29, 0.717) is 0 Å². The van der Waals surface area contributed by atoms with E-state index in [2.05, 4.69) is 13.0 Å². The smallest absolute Gasteiger partial charge is 0.313 e. The van der Waals surface area contributed by atoms with Crippen LogP contribution in [0.25, 0.3) is 0 Å². The maximum absolute atomic E-state index is 13.1. The second kappa shape index (κ2) is 28.1. The van der Waals surface area contributed by atoms with E-state index in [1.807, 2.05) is 55.5 Å². The van der Waals surface area contributed by atoms with Crippen molar-refractivity contribution in [2.75, 3.05) is 7.11 Å². The van der Waals surface area contributed by atoms with Gasteiger partial charge in [-0.25, -0.2) is 0 Å². The summed E-state index contributed by atoms with van der Waals surface area (Å²) < 4.78 is 28.5. The van der Waals surface area contributed by atoms with E-state index >= 15 is 0 Å². The van der Waals surface area contributed by atoms with E-state index in [1.54, 1.807) is 44.2 Å². The zero-order chi connectivity index (χ0) is 48.3. The average molecular weight is 922 g/mol. The van der Waals surface area contributed by atoms with Crippen molar-refractivity contribution in [3.63, 3.8) is 0 Å². The number of esters is 2. The average Bonchev–Trinajstić information content (AvgIpc) is 3.22. The van der Waals surface area contributed by atoms with E-state index in [1.165, 1.54) is 0 Å². The van der Waals surface area contributed by atoms with Crippen molar-refractivity contribution in [2.45, 2.75) is 177 Å². The molecule has 3 aliphatic heterocycles. The third kappa shape index (κ3) is 19.4. The van der Waals surface area contributed by atoms with Gasteiger partial charge in [0.25, 0.3) is 0 Å². The highest BCUT2D eigenvalue weighted by Gasteiger charge is 2.51. The molecule has 0 aromatic rings. The maximum Gasteiger partial charge on any atom is 0.313 e. The predicted octanol–water partition coefficient (Wildman–Crippen LogP) is 1.83. The van der Waals surface area contributed by atoms with Crippen LogP contribution in [-0.2, 0) is 33.3 Å². The topological polar surface area (TPSA) is 288 Å². The van der Waals surface area contributed by atoms with Crippen LogP contribution in [0, 0.1) is 17.8 Å². The normalized spacial score (nSPS) is 44.3. The quantitative estimate of drug-likeness (QED) is 0.181. The van der Waals surface area contributed by atoms with Gasteiger partial charge in [0.1, 0.15) is 18.1 Å². The SMILES string of the molecule is COC(=O)[C@H]1[C@@H]2C[C@@H](O[C@@H]3O[C@H](C)[C@@H](O)[C@H](N)[C@@H]3O)/C=C/C=C/C=C/C=C/C=C/C=C/C=C/[C@H](C)C[C@@H](C)[C@H](C)OC(=O)C[C@H](O)C[C@H](O)CC[C@@H](O)[C@H](O)C[C@H](O)C[C@](O)(C[C@@H]1O)O2. The second-order valence-electron chi connectivity index (χ2n) is 17.7. The van der Waals surface area contributed by atoms with Gasteiger partial charge in [-0.15, -0.1) is 0 Å². The number of nitrogens with two attached hydrogens (primary N) is 1. The van der Waals surface area contributed by atoms with Crippen molar-refractivity contribution in [2.24, 2.45) is 23.5 Å². The Bertz CT molecular complexity index is 1650. The number of cyclic esters (lactones) is 1. The fourth-order valence-electron chi connectivity index (χ4n) is 8.10. The molecular formula is C48H75NO16. The van der Waals surface area contributed by atoms with Crippen molar-refractivity contribution >= 4 is 11.9 Å². The Morgan fingerprint density at radius 3 is 1.86 bits per heavy atom. The van der Waals surface area contributed by atoms with Crippen LogP contribution in [-0.4, -0.2) is 156 Å². The Morgan fingerprint density at radius 1 is 0.677 bits per heavy atom. The highest BCUT2D eigenvalue weighted by Crippen LogP contribution is 2.38. The van der Waals surface area contributed by atoms with Crippen LogP contribution < -0.4 is 5.73 Å². The number of rotatable bonds is 3. The number of methoxy groups -OCH3 is 1. The zero-order valence-electron chi connectivity index (χ0n) is 38.2. The molecule has 0 aromatic heterocycles. The summed E-state index contributed by atoms with van der Waals surface area (Å²) in [6, 6.07) is -1.12. The van der Waals surface area contributed by atoms with Gasteiger partial charge in [0.2, 0.25) is 0 Å². The summed E-state index contributed by atoms with van der Waals surface area (Å²) >= 11 is 0. The first kappa shape index (κ1) is 55.9. The summed E-state index contributed by atoms with van der Waals surface area (Å²) in [6.07, 6.45) is 7.74. The van der Waals surface area contributed by atoms with Crippen LogP contribution in [0.5, 0.6) is 0 Å². The van der Waals surface area contributed by atoms with Gasteiger partial charge >= 0.3 is 11.9 Å². The van der Waals surface area contributed by atoms with E-state index in [-0.39, 0.29) is 43.9 Å². The molecule has 0 saturated carbocycles. The number of hydrogen-bond donors (Lipinski definition) is 10. The van der Waals surface area contributed by atoms with Crippen molar-refractivity contribution in [1.29, 1.82) is 0 Å². The van der Waals surface area contributed by atoms with Crippen molar-refractivity contribution in [3.8, 4) is 0 Å². The van der Waals surface area contributed by atoms with Crippen LogP contribution >= 0.6 is 0 Å². The van der Waals surface area contributed by atoms with Gasteiger partial charge in [0.15, 0.2) is 12.1 Å². The Hall–Kier alpha value is -3.40. The molecule has 0 unspecified atom stereocenters. The molecule has 0 radical (unpaired) electrons. The molecule has 17 nitrogen and oxygen atoms in total. The summed E-state index contributed by atoms with van der Waals surface area (Å²) in [6.45, 7) is 7.40. The first-order valence-electron chi connectivity index (χ1n) is 22.6. The number of carbonyl (C=O) groups is 2. The number of ether oxygens (including phenoxy) is 5. The molecule has 2 bridgehead atoms. The molecule has 3 rings (SSSR count). The molecule has 368 valence electrons. The largest absolute Gasteiger partial charge is 0.469 e. The van der Waals surface area contributed by atoms with Gasteiger partial charge in [-0.3, -0.25) is 9.59 Å². The van der Waals surface area contributed by atoms with Crippen molar-refractivity contribution < 1.29 is 79.2 Å². The van der Waals surface area contributed by atoms with Crippen LogP contribution in [0.3, 0.4) is 0 Å². The molecular weight excluding hydrogens is 847 g/mol. The third-order valence-electron chi connectivity index (χ3n) is 12.0. The Kier molecular flexibility index (Phi) is 24.1. The van der Waals surface area contributed by atoms with E-state index in [4.69, 9.17) is 29.4 Å². The lowest BCUT2D eigenvalue weighted by Crippen LogP contribution is -2.61. The van der Waals surface area contributed by atoms with Gasteiger partial charge in [-0.1, -0.05) is 98.9 Å². The Labute approximate surface area is 382 Å². The van der Waals surface area contributed by atoms with Crippen LogP contribution in [0.4, 0.5) is 0 Å².